The lowest BCUT2D eigenvalue weighted by Crippen LogP contribution is -3.00. The van der Waals surface area contributed by atoms with Gasteiger partial charge in [-0.1, -0.05) is 47.4 Å². The van der Waals surface area contributed by atoms with Crippen LogP contribution in [0.2, 0.25) is 0 Å². The van der Waals surface area contributed by atoms with Crippen molar-refractivity contribution in [3.8, 4) is 0 Å². The number of aliphatic hydroxyl groups is 2. The van der Waals surface area contributed by atoms with E-state index < -0.39 is 0 Å². The van der Waals surface area contributed by atoms with Crippen LogP contribution in [0.1, 0.15) is 11.9 Å². The maximum atomic E-state index is 9.50. The van der Waals surface area contributed by atoms with Crippen molar-refractivity contribution in [2.45, 2.75) is 18.4 Å². The van der Waals surface area contributed by atoms with Crippen molar-refractivity contribution >= 4 is 45.1 Å². The van der Waals surface area contributed by atoms with Gasteiger partial charge in [0.15, 0.2) is 6.54 Å². The van der Waals surface area contributed by atoms with E-state index in [0.717, 1.165) is 26.8 Å². The van der Waals surface area contributed by atoms with Gasteiger partial charge in [0.2, 0.25) is 5.52 Å². The first kappa shape index (κ1) is 21.9. The first-order valence-electron chi connectivity index (χ1n) is 9.29. The molecule has 29 heavy (non-hydrogen) atoms. The minimum Gasteiger partial charge on any atom is -1.00 e. The van der Waals surface area contributed by atoms with Gasteiger partial charge in [-0.15, -0.1) is 0 Å². The number of rotatable bonds is 6. The van der Waals surface area contributed by atoms with Gasteiger partial charge in [0, 0.05) is 23.6 Å². The maximum Gasteiger partial charge on any atom is 0.263 e. The number of aliphatic hydroxyl groups excluding tert-OH is 2. The smallest absolute Gasteiger partial charge is 0.263 e. The highest BCUT2D eigenvalue weighted by Gasteiger charge is 2.24. The van der Waals surface area contributed by atoms with Crippen LogP contribution in [0.5, 0.6) is 0 Å². The number of β-amino-alcohol motifs (C(OH)–C–C–N with tert-alkyl or cyclic N) is 1. The third kappa shape index (κ3) is 4.52. The average Bonchev–Trinajstić information content (AvgIpc) is 3.21. The number of para-hydroxylation sites is 2. The SMILES string of the molecule is CC(/C=C1\Sc2ccccc2N1CCO)=C\c1sc2ccccc2[n+]1CCO.[Cl-]. The summed E-state index contributed by atoms with van der Waals surface area (Å²) >= 11 is 3.47. The number of halogens is 1. The van der Waals surface area contributed by atoms with Gasteiger partial charge in [0.25, 0.3) is 5.01 Å². The number of nitrogens with zero attached hydrogens (tertiary/aromatic N) is 2. The number of fused-ring (bicyclic) bond motifs is 2. The molecule has 0 aliphatic carbocycles. The second-order valence-corrected chi connectivity index (χ2v) is 8.72. The molecule has 2 N–H and O–H groups in total. The van der Waals surface area contributed by atoms with E-state index in [1.54, 1.807) is 23.1 Å². The Morgan fingerprint density at radius 3 is 2.62 bits per heavy atom. The van der Waals surface area contributed by atoms with Gasteiger partial charge in [0.1, 0.15) is 11.3 Å². The summed E-state index contributed by atoms with van der Waals surface area (Å²) in [5.41, 5.74) is 3.44. The number of thiazole rings is 1. The molecule has 0 amide bonds. The number of aromatic nitrogens is 1. The molecule has 0 bridgehead atoms. The minimum atomic E-state index is 0. The van der Waals surface area contributed by atoms with Crippen molar-refractivity contribution < 1.29 is 27.2 Å². The Morgan fingerprint density at radius 2 is 1.83 bits per heavy atom. The lowest BCUT2D eigenvalue weighted by atomic mass is 10.2. The molecule has 152 valence electrons. The Morgan fingerprint density at radius 1 is 1.07 bits per heavy atom. The van der Waals surface area contributed by atoms with E-state index in [9.17, 15) is 10.2 Å². The van der Waals surface area contributed by atoms with Crippen molar-refractivity contribution in [1.29, 1.82) is 0 Å². The zero-order valence-electron chi connectivity index (χ0n) is 16.1. The summed E-state index contributed by atoms with van der Waals surface area (Å²) in [5, 5.41) is 21.2. The molecule has 0 saturated heterocycles. The Balaban J connectivity index is 0.00000240. The van der Waals surface area contributed by atoms with Gasteiger partial charge in [-0.25, -0.2) is 0 Å². The van der Waals surface area contributed by atoms with Crippen molar-refractivity contribution in [2.75, 3.05) is 24.7 Å². The summed E-state index contributed by atoms with van der Waals surface area (Å²) in [6.07, 6.45) is 4.35. The Bertz CT molecular complexity index is 1060. The number of anilines is 1. The van der Waals surface area contributed by atoms with Gasteiger partial charge in [-0.3, -0.25) is 0 Å². The molecule has 1 aliphatic rings. The lowest BCUT2D eigenvalue weighted by Gasteiger charge is -2.19. The summed E-state index contributed by atoms with van der Waals surface area (Å²) in [4.78, 5) is 3.39. The number of benzene rings is 2. The molecular formula is C22H23ClN2O2S2. The predicted octanol–water partition coefficient (Wildman–Crippen LogP) is 1.03. The van der Waals surface area contributed by atoms with E-state index >= 15 is 0 Å². The minimum absolute atomic E-state index is 0. The molecule has 0 radical (unpaired) electrons. The zero-order chi connectivity index (χ0) is 19.5. The molecule has 1 aliphatic heterocycles. The van der Waals surface area contributed by atoms with Crippen LogP contribution in [-0.4, -0.2) is 30.0 Å². The first-order chi connectivity index (χ1) is 13.7. The van der Waals surface area contributed by atoms with Crippen LogP contribution in [0.4, 0.5) is 5.69 Å². The second-order valence-electron chi connectivity index (χ2n) is 6.60. The molecular weight excluding hydrogens is 424 g/mol. The van der Waals surface area contributed by atoms with Gasteiger partial charge < -0.3 is 27.5 Å². The summed E-state index contributed by atoms with van der Waals surface area (Å²) < 4.78 is 3.39. The number of thioether (sulfide) groups is 1. The van der Waals surface area contributed by atoms with Crippen LogP contribution in [0.15, 0.2) is 70.1 Å². The number of hydrogen-bond donors (Lipinski definition) is 2. The van der Waals surface area contributed by atoms with Crippen LogP contribution in [-0.2, 0) is 6.54 Å². The summed E-state index contributed by atoms with van der Waals surface area (Å²) in [6.45, 7) is 3.48. The second kappa shape index (κ2) is 9.78. The van der Waals surface area contributed by atoms with Crippen LogP contribution in [0.3, 0.4) is 0 Å². The van der Waals surface area contributed by atoms with Crippen molar-refractivity contribution in [1.82, 2.24) is 0 Å². The molecule has 3 aromatic rings. The molecule has 0 atom stereocenters. The van der Waals surface area contributed by atoms with Gasteiger partial charge in [-0.2, -0.15) is 4.57 Å². The van der Waals surface area contributed by atoms with Crippen molar-refractivity contribution in [2.24, 2.45) is 0 Å². The molecule has 1 aromatic heterocycles. The third-order valence-corrected chi connectivity index (χ3v) is 6.85. The van der Waals surface area contributed by atoms with Gasteiger partial charge >= 0.3 is 0 Å². The Kier molecular flexibility index (Phi) is 7.38. The summed E-state index contributed by atoms with van der Waals surface area (Å²) in [6, 6.07) is 16.6. The van der Waals surface area contributed by atoms with Crippen LogP contribution >= 0.6 is 23.1 Å². The lowest BCUT2D eigenvalue weighted by molar-refractivity contribution is -0.670. The summed E-state index contributed by atoms with van der Waals surface area (Å²) in [5.74, 6) is 0. The molecule has 4 nitrogen and oxygen atoms in total. The fourth-order valence-corrected chi connectivity index (χ4v) is 5.81. The number of hydrogen-bond acceptors (Lipinski definition) is 5. The zero-order valence-corrected chi connectivity index (χ0v) is 18.5. The van der Waals surface area contributed by atoms with Crippen LogP contribution in [0.25, 0.3) is 16.3 Å². The molecule has 2 heterocycles. The standard InChI is InChI=1S/C22H23N2O2S2.ClH/c1-16(14-21-23(10-12-25)17-6-2-4-8-19(17)27-21)15-22-24(11-13-26)18-7-3-5-9-20(18)28-22;/h2-9,14-15,25-26H,10-13H2,1H3;1H/q+1;/p-1. The van der Waals surface area contributed by atoms with Crippen LogP contribution < -0.4 is 21.9 Å². The van der Waals surface area contributed by atoms with E-state index in [-0.39, 0.29) is 25.6 Å². The maximum absolute atomic E-state index is 9.50. The van der Waals surface area contributed by atoms with Gasteiger partial charge in [-0.05, 0) is 36.8 Å². The van der Waals surface area contributed by atoms with Crippen molar-refractivity contribution in [3.05, 3.63) is 70.2 Å². The topological polar surface area (TPSA) is 47.6 Å². The van der Waals surface area contributed by atoms with E-state index in [1.807, 2.05) is 24.3 Å². The molecule has 2 aromatic carbocycles. The van der Waals surface area contributed by atoms with Gasteiger partial charge in [0.05, 0.1) is 17.3 Å². The van der Waals surface area contributed by atoms with Crippen molar-refractivity contribution in [3.63, 3.8) is 0 Å². The predicted molar refractivity (Wildman–Crippen MR) is 118 cm³/mol. The quantitative estimate of drug-likeness (QED) is 0.555. The molecule has 0 spiro atoms. The normalized spacial score (nSPS) is 15.1. The van der Waals surface area contributed by atoms with E-state index in [4.69, 9.17) is 0 Å². The highest BCUT2D eigenvalue weighted by atomic mass is 35.5. The Labute approximate surface area is 185 Å². The molecule has 7 heteroatoms. The molecule has 0 unspecified atom stereocenters. The van der Waals surface area contributed by atoms with E-state index in [1.165, 1.54) is 9.60 Å². The van der Waals surface area contributed by atoms with Crippen LogP contribution in [0, 0.1) is 0 Å². The van der Waals surface area contributed by atoms with E-state index in [2.05, 4.69) is 52.8 Å². The highest BCUT2D eigenvalue weighted by Crippen LogP contribution is 2.45. The monoisotopic (exact) mass is 446 g/mol. The Hall–Kier alpha value is -1.83. The average molecular weight is 447 g/mol. The first-order valence-corrected chi connectivity index (χ1v) is 10.9. The molecule has 0 saturated carbocycles. The summed E-state index contributed by atoms with van der Waals surface area (Å²) in [7, 11) is 0. The highest BCUT2D eigenvalue weighted by molar-refractivity contribution is 8.03. The largest absolute Gasteiger partial charge is 1.00 e. The van der Waals surface area contributed by atoms with E-state index in [0.29, 0.717) is 13.1 Å². The third-order valence-electron chi connectivity index (χ3n) is 4.62. The fraction of sp³-hybridized carbons (Fsp3) is 0.227. The molecule has 0 fully saturated rings. The number of allylic oxidation sites excluding steroid dienone is 2. The fourth-order valence-electron chi connectivity index (χ4n) is 3.41. The molecule has 4 rings (SSSR count).